The molecule has 0 spiro atoms. The highest BCUT2D eigenvalue weighted by molar-refractivity contribution is 4.58. The third kappa shape index (κ3) is 80.0. The Morgan fingerprint density at radius 1 is 0.111 bits per heavy atom. The van der Waals surface area contributed by atoms with Crippen LogP contribution >= 0.6 is 0 Å². The van der Waals surface area contributed by atoms with Gasteiger partial charge in [0.2, 0.25) is 0 Å². The number of unbranched alkanes of at least 4 members (excludes halogenated alkanes) is 75. The lowest BCUT2D eigenvalue weighted by Crippen LogP contribution is -1.87. The van der Waals surface area contributed by atoms with Gasteiger partial charge in [-0.15, -0.1) is 0 Å². The van der Waals surface area contributed by atoms with Gasteiger partial charge in [0, 0.05) is 0 Å². The van der Waals surface area contributed by atoms with Crippen LogP contribution in [0.5, 0.6) is 0 Å². The van der Waals surface area contributed by atoms with E-state index in [1.807, 2.05) is 0 Å². The maximum absolute atomic E-state index is 2.36. The van der Waals surface area contributed by atoms with Crippen LogP contribution in [-0.4, -0.2) is 0 Å². The van der Waals surface area contributed by atoms with Crippen molar-refractivity contribution in [1.29, 1.82) is 0 Å². The van der Waals surface area contributed by atoms with Crippen LogP contribution < -0.4 is 0 Å². The van der Waals surface area contributed by atoms with Gasteiger partial charge >= 0.3 is 0 Å². The highest BCUT2D eigenvalue weighted by Gasteiger charge is 2.02. The molecule has 0 heterocycles. The number of rotatable bonds is 77. The maximum Gasteiger partial charge on any atom is -0.0471 e. The van der Waals surface area contributed by atoms with E-state index in [1.54, 1.807) is 0 Å². The fraction of sp³-hybridized carbons (Fsp3) is 1.00. The van der Waals surface area contributed by atoms with E-state index in [0.717, 1.165) is 5.92 Å². The molecular formula is C81H164. The van der Waals surface area contributed by atoms with Crippen LogP contribution in [0.3, 0.4) is 0 Å². The summed E-state index contributed by atoms with van der Waals surface area (Å²) >= 11 is 0. The third-order valence-electron chi connectivity index (χ3n) is 19.6. The molecule has 0 saturated carbocycles. The molecule has 0 aliphatic heterocycles. The van der Waals surface area contributed by atoms with Crippen LogP contribution in [-0.2, 0) is 0 Å². The van der Waals surface area contributed by atoms with Crippen LogP contribution in [0.2, 0.25) is 0 Å². The molecule has 0 aromatic rings. The van der Waals surface area contributed by atoms with Gasteiger partial charge in [-0.05, 0) is 5.92 Å². The minimum Gasteiger partial charge on any atom is -0.0654 e. The first kappa shape index (κ1) is 81.0. The maximum atomic E-state index is 2.36. The molecule has 0 aliphatic carbocycles. The van der Waals surface area contributed by atoms with E-state index in [-0.39, 0.29) is 0 Å². The van der Waals surface area contributed by atoms with Crippen molar-refractivity contribution in [3.63, 3.8) is 0 Å². The molecule has 0 bridgehead atoms. The van der Waals surface area contributed by atoms with Gasteiger partial charge in [-0.2, -0.15) is 0 Å². The Balaban J connectivity index is 3.08. The monoisotopic (exact) mass is 1140 g/mol. The molecule has 0 rings (SSSR count). The van der Waals surface area contributed by atoms with Gasteiger partial charge in [0.15, 0.2) is 0 Å². The second kappa shape index (κ2) is 78.0. The molecule has 0 saturated heterocycles. The summed E-state index contributed by atoms with van der Waals surface area (Å²) in [6, 6.07) is 0. The lowest BCUT2D eigenvalue weighted by molar-refractivity contribution is 0.500. The van der Waals surface area contributed by atoms with Crippen LogP contribution in [0.4, 0.5) is 0 Å². The van der Waals surface area contributed by atoms with Gasteiger partial charge in [0.1, 0.15) is 0 Å². The molecule has 0 aliphatic rings. The summed E-state index contributed by atoms with van der Waals surface area (Å²) in [5.41, 5.74) is 0. The van der Waals surface area contributed by atoms with Crippen molar-refractivity contribution >= 4 is 0 Å². The molecule has 0 unspecified atom stereocenters. The van der Waals surface area contributed by atoms with Gasteiger partial charge in [-0.25, -0.2) is 0 Å². The molecule has 0 aromatic heterocycles. The zero-order chi connectivity index (χ0) is 58.0. The summed E-state index contributed by atoms with van der Waals surface area (Å²) in [5.74, 6) is 0.895. The van der Waals surface area contributed by atoms with E-state index < -0.39 is 0 Å². The predicted molar refractivity (Wildman–Crippen MR) is 376 cm³/mol. The smallest absolute Gasteiger partial charge is 0.0471 e. The number of hydrogen-bond acceptors (Lipinski definition) is 0. The van der Waals surface area contributed by atoms with Gasteiger partial charge in [-0.1, -0.05) is 515 Å². The van der Waals surface area contributed by atoms with Gasteiger partial charge in [-0.3, -0.25) is 0 Å². The van der Waals surface area contributed by atoms with Crippen molar-refractivity contribution in [1.82, 2.24) is 0 Å². The molecule has 0 atom stereocenters. The van der Waals surface area contributed by atoms with E-state index in [2.05, 4.69) is 20.8 Å². The molecule has 0 amide bonds. The van der Waals surface area contributed by atoms with E-state index in [4.69, 9.17) is 0 Å². The minimum atomic E-state index is 0.895. The van der Waals surface area contributed by atoms with E-state index in [9.17, 15) is 0 Å². The molecule has 488 valence electrons. The van der Waals surface area contributed by atoms with Crippen molar-refractivity contribution in [2.24, 2.45) is 5.92 Å². The molecule has 0 fully saturated rings. The van der Waals surface area contributed by atoms with Crippen molar-refractivity contribution in [3.05, 3.63) is 0 Å². The fourth-order valence-corrected chi connectivity index (χ4v) is 13.7. The molecule has 0 heteroatoms. The summed E-state index contributed by atoms with van der Waals surface area (Å²) in [4.78, 5) is 0. The lowest BCUT2D eigenvalue weighted by Gasteiger charge is -2.05. The SMILES string of the molecule is CCCCCCCCCCCCCCCCCCCCCCCCCCCCCCCCCCCCCCCCCCCCCCCCCCCCCCCCCCCCCCCCCCCCCCCCCCCCCCC(C)C. The van der Waals surface area contributed by atoms with E-state index in [1.165, 1.54) is 494 Å². The first-order chi connectivity index (χ1) is 40.3. The zero-order valence-electron chi connectivity index (χ0n) is 58.0. The van der Waals surface area contributed by atoms with Crippen LogP contribution in [0, 0.1) is 5.92 Å². The van der Waals surface area contributed by atoms with Gasteiger partial charge in [0.25, 0.3) is 0 Å². The quantitative estimate of drug-likeness (QED) is 0.0533. The lowest BCUT2D eigenvalue weighted by atomic mass is 10.0. The highest BCUT2D eigenvalue weighted by Crippen LogP contribution is 2.22. The van der Waals surface area contributed by atoms with Gasteiger partial charge < -0.3 is 0 Å². The van der Waals surface area contributed by atoms with Crippen LogP contribution in [0.25, 0.3) is 0 Å². The molecule has 0 aromatic carbocycles. The summed E-state index contributed by atoms with van der Waals surface area (Å²) in [5, 5.41) is 0. The Morgan fingerprint density at radius 2 is 0.185 bits per heavy atom. The summed E-state index contributed by atoms with van der Waals surface area (Å²) in [6.07, 6.45) is 115. The van der Waals surface area contributed by atoms with Crippen molar-refractivity contribution < 1.29 is 0 Å². The van der Waals surface area contributed by atoms with Crippen LogP contribution in [0.1, 0.15) is 515 Å². The predicted octanol–water partition coefficient (Wildman–Crippen LogP) is 31.7. The third-order valence-corrected chi connectivity index (χ3v) is 19.6. The molecule has 0 radical (unpaired) electrons. The Kier molecular flexibility index (Phi) is 78.0. The average molecular weight is 1140 g/mol. The second-order valence-electron chi connectivity index (χ2n) is 28.7. The highest BCUT2D eigenvalue weighted by atomic mass is 14.1. The molecule has 0 N–H and O–H groups in total. The summed E-state index contributed by atoms with van der Waals surface area (Å²) in [7, 11) is 0. The normalized spacial score (nSPS) is 11.9. The zero-order valence-corrected chi connectivity index (χ0v) is 58.0. The van der Waals surface area contributed by atoms with E-state index in [0.29, 0.717) is 0 Å². The van der Waals surface area contributed by atoms with Crippen LogP contribution in [0.15, 0.2) is 0 Å². The minimum absolute atomic E-state index is 0.895. The standard InChI is InChI=1S/C81H164/c1-4-5-6-7-8-9-10-11-12-13-14-15-16-17-18-19-20-21-22-23-24-25-26-27-28-29-30-31-32-33-34-35-36-37-38-39-40-41-42-43-44-45-46-47-48-49-50-51-52-53-54-55-56-57-58-59-60-61-62-63-64-65-66-67-68-69-70-71-72-73-74-75-76-77-78-79-80-81(2)3/h81H,4-80H2,1-3H3. The Morgan fingerprint density at radius 3 is 0.259 bits per heavy atom. The fourth-order valence-electron chi connectivity index (χ4n) is 13.7. The molecular weight excluding hydrogens is 973 g/mol. The Labute approximate surface area is 518 Å². The Hall–Kier alpha value is 0. The summed E-state index contributed by atoms with van der Waals surface area (Å²) in [6.45, 7) is 7.03. The average Bonchev–Trinajstić information content (AvgIpc) is 3.47. The van der Waals surface area contributed by atoms with Crippen molar-refractivity contribution in [2.75, 3.05) is 0 Å². The largest absolute Gasteiger partial charge is 0.0654 e. The first-order valence-corrected chi connectivity index (χ1v) is 40.3. The first-order valence-electron chi connectivity index (χ1n) is 40.3. The van der Waals surface area contributed by atoms with Crippen molar-refractivity contribution in [2.45, 2.75) is 515 Å². The van der Waals surface area contributed by atoms with Crippen molar-refractivity contribution in [3.8, 4) is 0 Å². The molecule has 81 heavy (non-hydrogen) atoms. The number of hydrogen-bond donors (Lipinski definition) is 0. The second-order valence-corrected chi connectivity index (χ2v) is 28.7. The topological polar surface area (TPSA) is 0 Å². The van der Waals surface area contributed by atoms with E-state index >= 15 is 0 Å². The molecule has 0 nitrogen and oxygen atoms in total. The van der Waals surface area contributed by atoms with Gasteiger partial charge in [0.05, 0.1) is 0 Å². The summed E-state index contributed by atoms with van der Waals surface area (Å²) < 4.78 is 0. The Bertz CT molecular complexity index is 1010.